The second-order valence-electron chi connectivity index (χ2n) is 3.41. The molecule has 1 unspecified atom stereocenters. The molecule has 0 aliphatic rings. The van der Waals surface area contributed by atoms with Crippen molar-refractivity contribution >= 4 is 23.2 Å². The SMILES string of the molecule is CC(C(=O)Nc1ccnc(Cl)c1)n1cncn1. The fourth-order valence-electron chi connectivity index (χ4n) is 1.26. The van der Waals surface area contributed by atoms with E-state index < -0.39 is 6.04 Å². The number of carbonyl (C=O) groups excluding carboxylic acids is 1. The number of rotatable bonds is 3. The maximum Gasteiger partial charge on any atom is 0.249 e. The molecule has 0 aromatic carbocycles. The third-order valence-corrected chi connectivity index (χ3v) is 2.41. The summed E-state index contributed by atoms with van der Waals surface area (Å²) >= 11 is 5.72. The summed E-state index contributed by atoms with van der Waals surface area (Å²) in [5.74, 6) is -0.197. The molecule has 1 amide bonds. The minimum Gasteiger partial charge on any atom is -0.324 e. The Morgan fingerprint density at radius 3 is 3.06 bits per heavy atom. The fourth-order valence-corrected chi connectivity index (χ4v) is 1.44. The number of anilines is 1. The molecule has 1 N–H and O–H groups in total. The van der Waals surface area contributed by atoms with E-state index in [1.807, 2.05) is 0 Å². The molecule has 0 aliphatic carbocycles. The molecular formula is C10H10ClN5O. The van der Waals surface area contributed by atoms with Crippen LogP contribution < -0.4 is 5.32 Å². The number of amides is 1. The maximum atomic E-state index is 11.9. The second kappa shape index (κ2) is 4.92. The number of hydrogen-bond acceptors (Lipinski definition) is 4. The predicted octanol–water partition coefficient (Wildman–Crippen LogP) is 1.53. The molecule has 2 aromatic heterocycles. The van der Waals surface area contributed by atoms with Crippen molar-refractivity contribution in [3.05, 3.63) is 36.1 Å². The minimum atomic E-state index is -0.440. The summed E-state index contributed by atoms with van der Waals surface area (Å²) < 4.78 is 1.47. The lowest BCUT2D eigenvalue weighted by Crippen LogP contribution is -2.24. The third-order valence-electron chi connectivity index (χ3n) is 2.21. The van der Waals surface area contributed by atoms with Crippen LogP contribution in [0.25, 0.3) is 0 Å². The van der Waals surface area contributed by atoms with Crippen molar-refractivity contribution in [1.29, 1.82) is 0 Å². The Bertz CT molecular complexity index is 513. The van der Waals surface area contributed by atoms with Crippen LogP contribution in [0.4, 0.5) is 5.69 Å². The summed E-state index contributed by atoms with van der Waals surface area (Å²) in [5.41, 5.74) is 0.599. The first-order valence-corrected chi connectivity index (χ1v) is 5.31. The Morgan fingerprint density at radius 1 is 1.59 bits per heavy atom. The highest BCUT2D eigenvalue weighted by molar-refractivity contribution is 6.29. The van der Waals surface area contributed by atoms with Gasteiger partial charge in [0, 0.05) is 11.9 Å². The Balaban J connectivity index is 2.07. The average molecular weight is 252 g/mol. The van der Waals surface area contributed by atoms with E-state index in [9.17, 15) is 4.79 Å². The molecule has 0 fully saturated rings. The van der Waals surface area contributed by atoms with Crippen LogP contribution in [0.3, 0.4) is 0 Å². The first-order chi connectivity index (χ1) is 8.16. The van der Waals surface area contributed by atoms with Gasteiger partial charge in [-0.05, 0) is 19.1 Å². The zero-order valence-corrected chi connectivity index (χ0v) is 9.80. The van der Waals surface area contributed by atoms with Crippen LogP contribution in [0.2, 0.25) is 5.15 Å². The van der Waals surface area contributed by atoms with Gasteiger partial charge in [0.25, 0.3) is 0 Å². The van der Waals surface area contributed by atoms with Gasteiger partial charge in [-0.15, -0.1) is 0 Å². The number of halogens is 1. The molecule has 2 heterocycles. The van der Waals surface area contributed by atoms with Gasteiger partial charge in [-0.3, -0.25) is 4.79 Å². The van der Waals surface area contributed by atoms with Gasteiger partial charge in [0.15, 0.2) is 0 Å². The van der Waals surface area contributed by atoms with Crippen molar-refractivity contribution in [2.45, 2.75) is 13.0 Å². The van der Waals surface area contributed by atoms with Crippen LogP contribution in [0.15, 0.2) is 31.0 Å². The zero-order valence-electron chi connectivity index (χ0n) is 9.04. The third kappa shape index (κ3) is 2.79. The Kier molecular flexibility index (Phi) is 3.34. The van der Waals surface area contributed by atoms with Crippen molar-refractivity contribution in [3.8, 4) is 0 Å². The molecule has 0 saturated carbocycles. The number of aromatic nitrogens is 4. The average Bonchev–Trinajstić information content (AvgIpc) is 2.81. The molecule has 0 bridgehead atoms. The van der Waals surface area contributed by atoms with Gasteiger partial charge in [-0.25, -0.2) is 14.6 Å². The molecule has 6 nitrogen and oxygen atoms in total. The van der Waals surface area contributed by atoms with Crippen LogP contribution >= 0.6 is 11.6 Å². The number of nitrogens with one attached hydrogen (secondary N) is 1. The largest absolute Gasteiger partial charge is 0.324 e. The molecule has 0 saturated heterocycles. The van der Waals surface area contributed by atoms with E-state index in [1.54, 1.807) is 19.1 Å². The highest BCUT2D eigenvalue weighted by Gasteiger charge is 2.15. The van der Waals surface area contributed by atoms with E-state index in [0.29, 0.717) is 10.8 Å². The summed E-state index contributed by atoms with van der Waals surface area (Å²) in [6.07, 6.45) is 4.40. The Labute approximate surface area is 103 Å². The van der Waals surface area contributed by atoms with E-state index in [1.165, 1.54) is 23.5 Å². The molecule has 17 heavy (non-hydrogen) atoms. The van der Waals surface area contributed by atoms with Crippen molar-refractivity contribution in [1.82, 2.24) is 19.7 Å². The Morgan fingerprint density at radius 2 is 2.41 bits per heavy atom. The van der Waals surface area contributed by atoms with Gasteiger partial charge in [0.1, 0.15) is 23.8 Å². The predicted molar refractivity (Wildman–Crippen MR) is 62.6 cm³/mol. The van der Waals surface area contributed by atoms with E-state index in [4.69, 9.17) is 11.6 Å². The lowest BCUT2D eigenvalue weighted by Gasteiger charge is -2.11. The molecule has 2 aromatic rings. The van der Waals surface area contributed by atoms with Gasteiger partial charge in [0.05, 0.1) is 0 Å². The quantitative estimate of drug-likeness (QED) is 0.840. The van der Waals surface area contributed by atoms with Crippen molar-refractivity contribution in [2.75, 3.05) is 5.32 Å². The number of carbonyl (C=O) groups is 1. The van der Waals surface area contributed by atoms with Crippen LogP contribution in [0.1, 0.15) is 13.0 Å². The van der Waals surface area contributed by atoms with E-state index in [0.717, 1.165) is 0 Å². The highest BCUT2D eigenvalue weighted by Crippen LogP contribution is 2.14. The monoisotopic (exact) mass is 251 g/mol. The van der Waals surface area contributed by atoms with Gasteiger partial charge < -0.3 is 5.32 Å². The van der Waals surface area contributed by atoms with E-state index in [-0.39, 0.29) is 5.91 Å². The Hall–Kier alpha value is -1.95. The molecule has 0 aliphatic heterocycles. The molecule has 2 rings (SSSR count). The smallest absolute Gasteiger partial charge is 0.249 e. The van der Waals surface area contributed by atoms with Gasteiger partial charge >= 0.3 is 0 Å². The van der Waals surface area contributed by atoms with Gasteiger partial charge in [-0.1, -0.05) is 11.6 Å². The standard InChI is InChI=1S/C10H10ClN5O/c1-7(16-6-12-5-14-16)10(17)15-8-2-3-13-9(11)4-8/h2-7H,1H3,(H,13,15,17). The van der Waals surface area contributed by atoms with Crippen LogP contribution in [0.5, 0.6) is 0 Å². The maximum absolute atomic E-state index is 11.9. The first kappa shape index (κ1) is 11.5. The topological polar surface area (TPSA) is 72.7 Å². The molecule has 88 valence electrons. The summed E-state index contributed by atoms with van der Waals surface area (Å²) in [4.78, 5) is 19.5. The van der Waals surface area contributed by atoms with Gasteiger partial charge in [-0.2, -0.15) is 5.10 Å². The van der Waals surface area contributed by atoms with Crippen molar-refractivity contribution < 1.29 is 4.79 Å². The summed E-state index contributed by atoms with van der Waals surface area (Å²) in [6, 6.07) is 2.80. The normalized spacial score (nSPS) is 12.1. The second-order valence-corrected chi connectivity index (χ2v) is 3.80. The van der Waals surface area contributed by atoms with Crippen molar-refractivity contribution in [3.63, 3.8) is 0 Å². The number of nitrogens with zero attached hydrogens (tertiary/aromatic N) is 4. The molecule has 7 heteroatoms. The summed E-state index contributed by atoms with van der Waals surface area (Å²) in [7, 11) is 0. The molecule has 0 spiro atoms. The molecule has 1 atom stereocenters. The number of pyridine rings is 1. The minimum absolute atomic E-state index is 0.197. The molecule has 0 radical (unpaired) electrons. The molecular weight excluding hydrogens is 242 g/mol. The zero-order chi connectivity index (χ0) is 12.3. The van der Waals surface area contributed by atoms with Crippen molar-refractivity contribution in [2.24, 2.45) is 0 Å². The summed E-state index contributed by atoms with van der Waals surface area (Å²) in [6.45, 7) is 1.73. The highest BCUT2D eigenvalue weighted by atomic mass is 35.5. The lowest BCUT2D eigenvalue weighted by atomic mass is 10.3. The van der Waals surface area contributed by atoms with Crippen LogP contribution in [-0.4, -0.2) is 25.7 Å². The van der Waals surface area contributed by atoms with Crippen LogP contribution in [-0.2, 0) is 4.79 Å². The van der Waals surface area contributed by atoms with E-state index in [2.05, 4.69) is 20.4 Å². The van der Waals surface area contributed by atoms with Gasteiger partial charge in [0.2, 0.25) is 5.91 Å². The first-order valence-electron chi connectivity index (χ1n) is 4.93. The summed E-state index contributed by atoms with van der Waals surface area (Å²) in [5, 5.41) is 6.95. The fraction of sp³-hybridized carbons (Fsp3) is 0.200. The van der Waals surface area contributed by atoms with E-state index >= 15 is 0 Å². The number of hydrogen-bond donors (Lipinski definition) is 1. The van der Waals surface area contributed by atoms with Crippen LogP contribution in [0, 0.1) is 0 Å². The lowest BCUT2D eigenvalue weighted by molar-refractivity contribution is -0.119.